The van der Waals surface area contributed by atoms with Gasteiger partial charge in [-0.2, -0.15) is 0 Å². The number of carbonyl (C=O) groups is 1. The van der Waals surface area contributed by atoms with E-state index >= 15 is 0 Å². The van der Waals surface area contributed by atoms with Crippen LogP contribution in [0.5, 0.6) is 0 Å². The lowest BCUT2D eigenvalue weighted by atomic mass is 10.1. The van der Waals surface area contributed by atoms with Gasteiger partial charge < -0.3 is 15.1 Å². The second-order valence-corrected chi connectivity index (χ2v) is 5.71. The Labute approximate surface area is 127 Å². The van der Waals surface area contributed by atoms with Crippen LogP contribution in [0.3, 0.4) is 0 Å². The minimum Gasteiger partial charge on any atom is -0.414 e. The zero-order valence-corrected chi connectivity index (χ0v) is 12.8. The summed E-state index contributed by atoms with van der Waals surface area (Å²) < 4.78 is 5.49. The number of amides is 1. The summed E-state index contributed by atoms with van der Waals surface area (Å²) in [6.45, 7) is 0. The van der Waals surface area contributed by atoms with Gasteiger partial charge in [0.1, 0.15) is 0 Å². The number of benzene rings is 1. The first-order chi connectivity index (χ1) is 10.1. The largest absolute Gasteiger partial charge is 0.414 e. The van der Waals surface area contributed by atoms with Crippen molar-refractivity contribution in [1.29, 1.82) is 0 Å². The Morgan fingerprint density at radius 1 is 1.33 bits per heavy atom. The maximum absolute atomic E-state index is 11.5. The maximum atomic E-state index is 11.5. The molecule has 0 saturated heterocycles. The fraction of sp³-hybridized carbons (Fsp3) is 0.357. The molecule has 0 saturated carbocycles. The van der Waals surface area contributed by atoms with E-state index in [0.29, 0.717) is 17.5 Å². The average molecular weight is 306 g/mol. The van der Waals surface area contributed by atoms with Crippen LogP contribution in [0.4, 0.5) is 0 Å². The van der Waals surface area contributed by atoms with Gasteiger partial charge in [0.25, 0.3) is 5.22 Å². The van der Waals surface area contributed by atoms with E-state index in [1.807, 2.05) is 30.3 Å². The SMILES string of the molecule is CN(C)C(=O)CSc1nnc(C(N)Cc2ccccc2)o1. The molecule has 0 bridgehead atoms. The third kappa shape index (κ3) is 4.57. The predicted octanol–water partition coefficient (Wildman–Crippen LogP) is 1.49. The first-order valence-corrected chi connectivity index (χ1v) is 7.50. The summed E-state index contributed by atoms with van der Waals surface area (Å²) in [4.78, 5) is 13.0. The minimum atomic E-state index is -0.348. The molecule has 0 aliphatic rings. The Balaban J connectivity index is 1.91. The van der Waals surface area contributed by atoms with E-state index in [9.17, 15) is 4.79 Å². The van der Waals surface area contributed by atoms with E-state index in [-0.39, 0.29) is 17.7 Å². The van der Waals surface area contributed by atoms with E-state index in [1.54, 1.807) is 14.1 Å². The van der Waals surface area contributed by atoms with Crippen molar-refractivity contribution in [2.45, 2.75) is 17.7 Å². The van der Waals surface area contributed by atoms with Gasteiger partial charge >= 0.3 is 0 Å². The number of thioether (sulfide) groups is 1. The number of hydrogen-bond donors (Lipinski definition) is 1. The lowest BCUT2D eigenvalue weighted by molar-refractivity contribution is -0.125. The van der Waals surface area contributed by atoms with E-state index in [1.165, 1.54) is 16.7 Å². The molecule has 2 aromatic rings. The maximum Gasteiger partial charge on any atom is 0.277 e. The van der Waals surface area contributed by atoms with Crippen LogP contribution in [-0.2, 0) is 11.2 Å². The fourth-order valence-electron chi connectivity index (χ4n) is 1.64. The highest BCUT2D eigenvalue weighted by molar-refractivity contribution is 7.99. The molecule has 1 heterocycles. The highest BCUT2D eigenvalue weighted by Crippen LogP contribution is 2.20. The van der Waals surface area contributed by atoms with Gasteiger partial charge in [-0.05, 0) is 12.0 Å². The highest BCUT2D eigenvalue weighted by atomic mass is 32.2. The highest BCUT2D eigenvalue weighted by Gasteiger charge is 2.16. The second-order valence-electron chi connectivity index (χ2n) is 4.78. The number of carbonyl (C=O) groups excluding carboxylic acids is 1. The number of nitrogens with two attached hydrogens (primary N) is 1. The molecule has 2 rings (SSSR count). The van der Waals surface area contributed by atoms with E-state index in [4.69, 9.17) is 10.2 Å². The summed E-state index contributed by atoms with van der Waals surface area (Å²) in [6, 6.07) is 9.54. The van der Waals surface area contributed by atoms with Gasteiger partial charge in [0.15, 0.2) is 0 Å². The Kier molecular flexibility index (Phi) is 5.35. The van der Waals surface area contributed by atoms with Gasteiger partial charge in [0.05, 0.1) is 11.8 Å². The zero-order chi connectivity index (χ0) is 15.2. The smallest absolute Gasteiger partial charge is 0.277 e. The third-order valence-corrected chi connectivity index (χ3v) is 3.66. The molecule has 6 nitrogen and oxygen atoms in total. The van der Waals surface area contributed by atoms with Crippen LogP contribution in [0.25, 0.3) is 0 Å². The zero-order valence-electron chi connectivity index (χ0n) is 12.0. The van der Waals surface area contributed by atoms with Gasteiger partial charge in [0, 0.05) is 14.1 Å². The molecule has 1 aromatic carbocycles. The van der Waals surface area contributed by atoms with E-state index in [0.717, 1.165) is 5.56 Å². The molecule has 0 radical (unpaired) electrons. The van der Waals surface area contributed by atoms with Gasteiger partial charge in [-0.1, -0.05) is 42.1 Å². The van der Waals surface area contributed by atoms with Crippen LogP contribution in [0.1, 0.15) is 17.5 Å². The van der Waals surface area contributed by atoms with Crippen molar-refractivity contribution in [1.82, 2.24) is 15.1 Å². The summed E-state index contributed by atoms with van der Waals surface area (Å²) in [7, 11) is 3.41. The average Bonchev–Trinajstić information content (AvgIpc) is 2.94. The van der Waals surface area contributed by atoms with Gasteiger partial charge in [-0.25, -0.2) is 0 Å². The lowest BCUT2D eigenvalue weighted by Gasteiger charge is -2.08. The number of aromatic nitrogens is 2. The van der Waals surface area contributed by atoms with Gasteiger partial charge in [0.2, 0.25) is 11.8 Å². The van der Waals surface area contributed by atoms with Crippen LogP contribution < -0.4 is 5.73 Å². The summed E-state index contributed by atoms with van der Waals surface area (Å²) in [5.74, 6) is 0.648. The number of hydrogen-bond acceptors (Lipinski definition) is 6. The molecule has 1 amide bonds. The van der Waals surface area contributed by atoms with Crippen molar-refractivity contribution in [3.8, 4) is 0 Å². The summed E-state index contributed by atoms with van der Waals surface area (Å²) in [5, 5.41) is 8.22. The molecule has 21 heavy (non-hydrogen) atoms. The quantitative estimate of drug-likeness (QED) is 0.814. The molecule has 7 heteroatoms. The third-order valence-electron chi connectivity index (χ3n) is 2.86. The molecular weight excluding hydrogens is 288 g/mol. The van der Waals surface area contributed by atoms with Crippen LogP contribution >= 0.6 is 11.8 Å². The van der Waals surface area contributed by atoms with Crippen LogP contribution in [0, 0.1) is 0 Å². The molecule has 0 aliphatic carbocycles. The minimum absolute atomic E-state index is 0.00617. The standard InChI is InChI=1S/C14H18N4O2S/c1-18(2)12(19)9-21-14-17-16-13(20-14)11(15)8-10-6-4-3-5-7-10/h3-7,11H,8-9,15H2,1-2H3. The van der Waals surface area contributed by atoms with Crippen molar-refractivity contribution < 1.29 is 9.21 Å². The van der Waals surface area contributed by atoms with Crippen LogP contribution in [0.15, 0.2) is 40.0 Å². The second kappa shape index (κ2) is 7.24. The molecule has 2 N–H and O–H groups in total. The molecule has 0 spiro atoms. The number of nitrogens with zero attached hydrogens (tertiary/aromatic N) is 3. The van der Waals surface area contributed by atoms with Gasteiger partial charge in [-0.3, -0.25) is 4.79 Å². The Morgan fingerprint density at radius 2 is 2.05 bits per heavy atom. The molecule has 0 aliphatic heterocycles. The normalized spacial score (nSPS) is 12.1. The first-order valence-electron chi connectivity index (χ1n) is 6.52. The first kappa shape index (κ1) is 15.5. The van der Waals surface area contributed by atoms with E-state index < -0.39 is 0 Å². The van der Waals surface area contributed by atoms with Crippen molar-refractivity contribution in [2.75, 3.05) is 19.8 Å². The Hall–Kier alpha value is -1.86. The van der Waals surface area contributed by atoms with Crippen molar-refractivity contribution in [3.05, 3.63) is 41.8 Å². The van der Waals surface area contributed by atoms with Crippen molar-refractivity contribution in [3.63, 3.8) is 0 Å². The fourth-order valence-corrected chi connectivity index (χ4v) is 2.38. The van der Waals surface area contributed by atoms with Crippen LogP contribution in [0.2, 0.25) is 0 Å². The molecule has 112 valence electrons. The molecule has 1 atom stereocenters. The summed E-state index contributed by atoms with van der Waals surface area (Å²) in [5.41, 5.74) is 7.18. The van der Waals surface area contributed by atoms with E-state index in [2.05, 4.69) is 10.2 Å². The van der Waals surface area contributed by atoms with Crippen molar-refractivity contribution >= 4 is 17.7 Å². The molecule has 0 fully saturated rings. The summed E-state index contributed by atoms with van der Waals surface area (Å²) in [6.07, 6.45) is 0.629. The monoisotopic (exact) mass is 306 g/mol. The molecule has 1 aromatic heterocycles. The molecule has 1 unspecified atom stereocenters. The summed E-state index contributed by atoms with van der Waals surface area (Å²) >= 11 is 1.21. The lowest BCUT2D eigenvalue weighted by Crippen LogP contribution is -2.23. The predicted molar refractivity (Wildman–Crippen MR) is 80.8 cm³/mol. The van der Waals surface area contributed by atoms with Crippen molar-refractivity contribution in [2.24, 2.45) is 5.73 Å². The van der Waals surface area contributed by atoms with Gasteiger partial charge in [-0.15, -0.1) is 10.2 Å². The van der Waals surface area contributed by atoms with Crippen LogP contribution in [-0.4, -0.2) is 40.9 Å². The molecular formula is C14H18N4O2S. The Morgan fingerprint density at radius 3 is 2.71 bits per heavy atom. The number of rotatable bonds is 6. The topological polar surface area (TPSA) is 85.2 Å². The Bertz CT molecular complexity index is 586.